The zero-order valence-electron chi connectivity index (χ0n) is 12.8. The Balaban J connectivity index is 2.34. The number of aromatic nitrogens is 3. The van der Waals surface area contributed by atoms with E-state index in [2.05, 4.69) is 28.4 Å². The van der Waals surface area contributed by atoms with Crippen LogP contribution in [0.2, 0.25) is 0 Å². The molecule has 0 radical (unpaired) electrons. The maximum atomic E-state index is 5.97. The van der Waals surface area contributed by atoms with E-state index in [0.29, 0.717) is 5.88 Å². The Kier molecular flexibility index (Phi) is 4.39. The second kappa shape index (κ2) is 6.05. The molecule has 108 valence electrons. The summed E-state index contributed by atoms with van der Waals surface area (Å²) in [5.74, 6) is 1.43. The van der Waals surface area contributed by atoms with Gasteiger partial charge in [0.15, 0.2) is 5.75 Å². The average Bonchev–Trinajstić information content (AvgIpc) is 2.65. The van der Waals surface area contributed by atoms with Gasteiger partial charge < -0.3 is 10.1 Å². The summed E-state index contributed by atoms with van der Waals surface area (Å²) in [6.45, 7) is 6.83. The molecule has 0 unspecified atom stereocenters. The van der Waals surface area contributed by atoms with Gasteiger partial charge in [0.25, 0.3) is 0 Å². The normalized spacial score (nSPS) is 10.8. The quantitative estimate of drug-likeness (QED) is 0.910. The molecule has 5 nitrogen and oxygen atoms in total. The zero-order chi connectivity index (χ0) is 14.7. The molecule has 0 amide bonds. The number of rotatable bonds is 5. The molecular formula is C15H22N4O. The number of hydrogen-bond acceptors (Lipinski definition) is 4. The first-order chi connectivity index (χ1) is 9.55. The Morgan fingerprint density at radius 3 is 2.60 bits per heavy atom. The molecule has 0 fully saturated rings. The molecule has 0 bridgehead atoms. The standard InChI is InChI=1S/C15H22N4O/c1-6-13-7-12(9-16-4)8-14(17-13)20-15-10(2)18-19(5)11(15)3/h7-8,16H,6,9H2,1-5H3. The van der Waals surface area contributed by atoms with E-state index in [1.165, 1.54) is 5.56 Å². The molecule has 0 saturated carbocycles. The zero-order valence-corrected chi connectivity index (χ0v) is 12.8. The minimum atomic E-state index is 0.633. The second-order valence-corrected chi connectivity index (χ2v) is 4.91. The van der Waals surface area contributed by atoms with E-state index >= 15 is 0 Å². The van der Waals surface area contributed by atoms with Gasteiger partial charge in [-0.05, 0) is 38.9 Å². The largest absolute Gasteiger partial charge is 0.435 e. The van der Waals surface area contributed by atoms with Crippen molar-refractivity contribution in [1.82, 2.24) is 20.1 Å². The molecule has 2 aromatic rings. The first-order valence-corrected chi connectivity index (χ1v) is 6.87. The molecule has 2 rings (SSSR count). The molecule has 0 aliphatic heterocycles. The van der Waals surface area contributed by atoms with Crippen LogP contribution in [-0.4, -0.2) is 21.8 Å². The van der Waals surface area contributed by atoms with Crippen molar-refractivity contribution >= 4 is 0 Å². The van der Waals surface area contributed by atoms with Gasteiger partial charge in [0, 0.05) is 25.4 Å². The minimum Gasteiger partial charge on any atom is -0.435 e. The van der Waals surface area contributed by atoms with Crippen molar-refractivity contribution in [2.75, 3.05) is 7.05 Å². The summed E-state index contributed by atoms with van der Waals surface area (Å²) in [5.41, 5.74) is 4.09. The van der Waals surface area contributed by atoms with Crippen molar-refractivity contribution in [3.05, 3.63) is 34.8 Å². The number of nitrogens with one attached hydrogen (secondary N) is 1. The topological polar surface area (TPSA) is 52.0 Å². The third kappa shape index (κ3) is 2.99. The molecule has 0 spiro atoms. The highest BCUT2D eigenvalue weighted by molar-refractivity contribution is 5.36. The lowest BCUT2D eigenvalue weighted by Crippen LogP contribution is -2.06. The van der Waals surface area contributed by atoms with Crippen LogP contribution in [-0.2, 0) is 20.0 Å². The highest BCUT2D eigenvalue weighted by Gasteiger charge is 2.13. The van der Waals surface area contributed by atoms with Crippen LogP contribution in [0.25, 0.3) is 0 Å². The van der Waals surface area contributed by atoms with Gasteiger partial charge in [0.2, 0.25) is 5.88 Å². The van der Waals surface area contributed by atoms with Crippen molar-refractivity contribution in [2.45, 2.75) is 33.7 Å². The molecule has 1 N–H and O–H groups in total. The Hall–Kier alpha value is -1.88. The minimum absolute atomic E-state index is 0.633. The van der Waals surface area contributed by atoms with E-state index < -0.39 is 0 Å². The maximum absolute atomic E-state index is 5.97. The lowest BCUT2D eigenvalue weighted by Gasteiger charge is -2.09. The Bertz CT molecular complexity index is 604. The van der Waals surface area contributed by atoms with Gasteiger partial charge in [-0.1, -0.05) is 6.92 Å². The molecule has 2 aromatic heterocycles. The molecule has 0 saturated heterocycles. The Morgan fingerprint density at radius 1 is 1.30 bits per heavy atom. The molecular weight excluding hydrogens is 252 g/mol. The molecule has 0 aromatic carbocycles. The molecule has 2 heterocycles. The van der Waals surface area contributed by atoms with Gasteiger partial charge in [-0.15, -0.1) is 0 Å². The highest BCUT2D eigenvalue weighted by atomic mass is 16.5. The van der Waals surface area contributed by atoms with Crippen molar-refractivity contribution in [3.8, 4) is 11.6 Å². The van der Waals surface area contributed by atoms with E-state index in [4.69, 9.17) is 4.74 Å². The van der Waals surface area contributed by atoms with Crippen LogP contribution < -0.4 is 10.1 Å². The van der Waals surface area contributed by atoms with Crippen LogP contribution in [0, 0.1) is 13.8 Å². The van der Waals surface area contributed by atoms with E-state index in [1.807, 2.05) is 38.7 Å². The maximum Gasteiger partial charge on any atom is 0.219 e. The Labute approximate surface area is 120 Å². The fraction of sp³-hybridized carbons (Fsp3) is 0.467. The lowest BCUT2D eigenvalue weighted by molar-refractivity contribution is 0.452. The third-order valence-corrected chi connectivity index (χ3v) is 3.31. The van der Waals surface area contributed by atoms with Crippen LogP contribution in [0.1, 0.15) is 29.6 Å². The molecule has 0 aliphatic rings. The predicted molar refractivity (Wildman–Crippen MR) is 79.1 cm³/mol. The van der Waals surface area contributed by atoms with Gasteiger partial charge in [-0.25, -0.2) is 4.98 Å². The van der Waals surface area contributed by atoms with E-state index in [-0.39, 0.29) is 0 Å². The van der Waals surface area contributed by atoms with Crippen molar-refractivity contribution in [2.24, 2.45) is 7.05 Å². The van der Waals surface area contributed by atoms with E-state index in [1.54, 1.807) is 0 Å². The summed E-state index contributed by atoms with van der Waals surface area (Å²) >= 11 is 0. The summed E-state index contributed by atoms with van der Waals surface area (Å²) < 4.78 is 7.79. The lowest BCUT2D eigenvalue weighted by atomic mass is 10.2. The highest BCUT2D eigenvalue weighted by Crippen LogP contribution is 2.27. The number of nitrogens with zero attached hydrogens (tertiary/aromatic N) is 3. The summed E-state index contributed by atoms with van der Waals surface area (Å²) in [4.78, 5) is 4.53. The van der Waals surface area contributed by atoms with Crippen molar-refractivity contribution < 1.29 is 4.74 Å². The number of hydrogen-bond donors (Lipinski definition) is 1. The average molecular weight is 274 g/mol. The van der Waals surface area contributed by atoms with E-state index in [9.17, 15) is 0 Å². The van der Waals surface area contributed by atoms with Crippen LogP contribution >= 0.6 is 0 Å². The fourth-order valence-electron chi connectivity index (χ4n) is 2.17. The summed E-state index contributed by atoms with van der Waals surface area (Å²) in [7, 11) is 3.85. The van der Waals surface area contributed by atoms with Gasteiger partial charge in [-0.3, -0.25) is 4.68 Å². The molecule has 0 aliphatic carbocycles. The SMILES string of the molecule is CCc1cc(CNC)cc(Oc2c(C)nn(C)c2C)n1. The summed E-state index contributed by atoms with van der Waals surface area (Å²) in [5, 5.41) is 7.51. The molecule has 5 heteroatoms. The van der Waals surface area contributed by atoms with Crippen LogP contribution in [0.15, 0.2) is 12.1 Å². The first kappa shape index (κ1) is 14.5. The number of ether oxygens (including phenoxy) is 1. The number of aryl methyl sites for hydroxylation is 3. The van der Waals surface area contributed by atoms with Crippen LogP contribution in [0.5, 0.6) is 11.6 Å². The summed E-state index contributed by atoms with van der Waals surface area (Å²) in [6, 6.07) is 4.08. The van der Waals surface area contributed by atoms with Crippen molar-refractivity contribution in [3.63, 3.8) is 0 Å². The third-order valence-electron chi connectivity index (χ3n) is 3.31. The van der Waals surface area contributed by atoms with Gasteiger partial charge in [-0.2, -0.15) is 5.10 Å². The van der Waals surface area contributed by atoms with Crippen molar-refractivity contribution in [1.29, 1.82) is 0 Å². The monoisotopic (exact) mass is 274 g/mol. The molecule has 0 atom stereocenters. The van der Waals surface area contributed by atoms with Gasteiger partial charge >= 0.3 is 0 Å². The predicted octanol–water partition coefficient (Wildman–Crippen LogP) is 2.51. The van der Waals surface area contributed by atoms with Gasteiger partial charge in [0.1, 0.15) is 5.69 Å². The van der Waals surface area contributed by atoms with Crippen LogP contribution in [0.4, 0.5) is 0 Å². The number of pyridine rings is 1. The first-order valence-electron chi connectivity index (χ1n) is 6.87. The van der Waals surface area contributed by atoms with Gasteiger partial charge in [0.05, 0.1) is 5.69 Å². The van der Waals surface area contributed by atoms with E-state index in [0.717, 1.165) is 35.8 Å². The molecule has 20 heavy (non-hydrogen) atoms. The Morgan fingerprint density at radius 2 is 2.05 bits per heavy atom. The fourth-order valence-corrected chi connectivity index (χ4v) is 2.17. The smallest absolute Gasteiger partial charge is 0.219 e. The second-order valence-electron chi connectivity index (χ2n) is 4.91. The van der Waals surface area contributed by atoms with Crippen LogP contribution in [0.3, 0.4) is 0 Å². The summed E-state index contributed by atoms with van der Waals surface area (Å²) in [6.07, 6.45) is 0.888.